The van der Waals surface area contributed by atoms with Crippen molar-refractivity contribution in [2.24, 2.45) is 10.9 Å². The molecule has 0 spiro atoms. The predicted octanol–water partition coefficient (Wildman–Crippen LogP) is 2.90. The molecular formula is C15H28N4S. The Bertz CT molecular complexity index is 404. The molecule has 1 aromatic heterocycles. The van der Waals surface area contributed by atoms with E-state index in [0.29, 0.717) is 0 Å². The van der Waals surface area contributed by atoms with E-state index in [1.807, 2.05) is 7.05 Å². The first-order chi connectivity index (χ1) is 9.52. The SMILES string of the molecule is CN=C(NCCCC(C)C)NCCc1nc(C)c(C)s1. The molecular weight excluding hydrogens is 268 g/mol. The van der Waals surface area contributed by atoms with Crippen molar-refractivity contribution in [3.63, 3.8) is 0 Å². The normalized spacial score (nSPS) is 12.0. The lowest BCUT2D eigenvalue weighted by atomic mass is 10.1. The topological polar surface area (TPSA) is 49.3 Å². The molecule has 0 unspecified atom stereocenters. The van der Waals surface area contributed by atoms with Crippen LogP contribution in [0.3, 0.4) is 0 Å². The number of nitrogens with zero attached hydrogens (tertiary/aromatic N) is 2. The molecule has 4 nitrogen and oxygen atoms in total. The molecule has 0 amide bonds. The molecule has 0 saturated carbocycles. The summed E-state index contributed by atoms with van der Waals surface area (Å²) in [6, 6.07) is 0. The summed E-state index contributed by atoms with van der Waals surface area (Å²) in [5.74, 6) is 1.65. The van der Waals surface area contributed by atoms with Gasteiger partial charge in [0, 0.05) is 31.4 Å². The van der Waals surface area contributed by atoms with Crippen LogP contribution in [0.4, 0.5) is 0 Å². The zero-order chi connectivity index (χ0) is 15.0. The minimum absolute atomic E-state index is 0.767. The molecule has 20 heavy (non-hydrogen) atoms. The Labute approximate surface area is 127 Å². The number of hydrogen-bond donors (Lipinski definition) is 2. The third kappa shape index (κ3) is 6.37. The molecule has 0 atom stereocenters. The average Bonchev–Trinajstić information content (AvgIpc) is 2.71. The van der Waals surface area contributed by atoms with Crippen LogP contribution in [0.5, 0.6) is 0 Å². The van der Waals surface area contributed by atoms with Crippen molar-refractivity contribution in [3.8, 4) is 0 Å². The zero-order valence-electron chi connectivity index (χ0n) is 13.4. The summed E-state index contributed by atoms with van der Waals surface area (Å²) in [6.45, 7) is 10.6. The second-order valence-corrected chi connectivity index (χ2v) is 6.75. The molecule has 5 heteroatoms. The van der Waals surface area contributed by atoms with Crippen LogP contribution >= 0.6 is 11.3 Å². The van der Waals surface area contributed by atoms with Crippen molar-refractivity contribution in [2.45, 2.75) is 47.0 Å². The van der Waals surface area contributed by atoms with Crippen LogP contribution in [0.15, 0.2) is 4.99 Å². The minimum atomic E-state index is 0.767. The molecule has 0 fully saturated rings. The van der Waals surface area contributed by atoms with Gasteiger partial charge in [-0.1, -0.05) is 13.8 Å². The molecule has 0 radical (unpaired) electrons. The molecule has 0 aliphatic rings. The summed E-state index contributed by atoms with van der Waals surface area (Å²) in [5.41, 5.74) is 1.15. The lowest BCUT2D eigenvalue weighted by Crippen LogP contribution is -2.38. The van der Waals surface area contributed by atoms with E-state index in [4.69, 9.17) is 0 Å². The van der Waals surface area contributed by atoms with Crippen LogP contribution in [0.2, 0.25) is 0 Å². The van der Waals surface area contributed by atoms with Crippen LogP contribution in [-0.4, -0.2) is 31.1 Å². The summed E-state index contributed by atoms with van der Waals surface area (Å²) in [4.78, 5) is 10.1. The average molecular weight is 296 g/mol. The lowest BCUT2D eigenvalue weighted by molar-refractivity contribution is 0.549. The van der Waals surface area contributed by atoms with Gasteiger partial charge in [0.2, 0.25) is 0 Å². The highest BCUT2D eigenvalue weighted by atomic mass is 32.1. The van der Waals surface area contributed by atoms with Crippen LogP contribution in [0.25, 0.3) is 0 Å². The van der Waals surface area contributed by atoms with Gasteiger partial charge in [-0.15, -0.1) is 11.3 Å². The predicted molar refractivity (Wildman–Crippen MR) is 88.7 cm³/mol. The maximum absolute atomic E-state index is 4.55. The summed E-state index contributed by atoms with van der Waals surface area (Å²) in [6.07, 6.45) is 3.39. The molecule has 1 aromatic rings. The van der Waals surface area contributed by atoms with Crippen molar-refractivity contribution in [1.82, 2.24) is 15.6 Å². The van der Waals surface area contributed by atoms with Crippen molar-refractivity contribution in [1.29, 1.82) is 0 Å². The van der Waals surface area contributed by atoms with Gasteiger partial charge < -0.3 is 10.6 Å². The van der Waals surface area contributed by atoms with Crippen molar-refractivity contribution < 1.29 is 0 Å². The number of rotatable bonds is 7. The van der Waals surface area contributed by atoms with E-state index in [0.717, 1.165) is 37.1 Å². The molecule has 0 saturated heterocycles. The maximum Gasteiger partial charge on any atom is 0.190 e. The van der Waals surface area contributed by atoms with Crippen molar-refractivity contribution >= 4 is 17.3 Å². The second-order valence-electron chi connectivity index (χ2n) is 5.46. The molecule has 0 bridgehead atoms. The highest BCUT2D eigenvalue weighted by Crippen LogP contribution is 2.16. The Morgan fingerprint density at radius 1 is 1.25 bits per heavy atom. The lowest BCUT2D eigenvalue weighted by Gasteiger charge is -2.11. The molecule has 0 aliphatic carbocycles. The quantitative estimate of drug-likeness (QED) is 0.462. The van der Waals surface area contributed by atoms with Gasteiger partial charge in [-0.05, 0) is 32.6 Å². The first kappa shape index (κ1) is 17.0. The van der Waals surface area contributed by atoms with Crippen molar-refractivity contribution in [2.75, 3.05) is 20.1 Å². The van der Waals surface area contributed by atoms with E-state index in [9.17, 15) is 0 Å². The number of hydrogen-bond acceptors (Lipinski definition) is 3. The van der Waals surface area contributed by atoms with E-state index < -0.39 is 0 Å². The van der Waals surface area contributed by atoms with E-state index in [-0.39, 0.29) is 0 Å². The Kier molecular flexibility index (Phi) is 7.59. The Morgan fingerprint density at radius 3 is 2.50 bits per heavy atom. The largest absolute Gasteiger partial charge is 0.356 e. The fourth-order valence-electron chi connectivity index (χ4n) is 1.87. The smallest absolute Gasteiger partial charge is 0.190 e. The van der Waals surface area contributed by atoms with Gasteiger partial charge in [-0.25, -0.2) is 4.98 Å². The van der Waals surface area contributed by atoms with Gasteiger partial charge in [-0.2, -0.15) is 0 Å². The third-order valence-corrected chi connectivity index (χ3v) is 4.31. The van der Waals surface area contributed by atoms with Crippen LogP contribution in [0.1, 0.15) is 42.3 Å². The fraction of sp³-hybridized carbons (Fsp3) is 0.733. The van der Waals surface area contributed by atoms with E-state index in [2.05, 4.69) is 48.3 Å². The monoisotopic (exact) mass is 296 g/mol. The summed E-state index contributed by atoms with van der Waals surface area (Å²) in [7, 11) is 1.81. The molecule has 0 aliphatic heterocycles. The first-order valence-corrected chi connectivity index (χ1v) is 8.22. The van der Waals surface area contributed by atoms with Gasteiger partial charge >= 0.3 is 0 Å². The minimum Gasteiger partial charge on any atom is -0.356 e. The molecule has 2 N–H and O–H groups in total. The molecule has 1 rings (SSSR count). The number of aryl methyl sites for hydroxylation is 2. The van der Waals surface area contributed by atoms with Crippen LogP contribution in [-0.2, 0) is 6.42 Å². The summed E-state index contributed by atoms with van der Waals surface area (Å²) >= 11 is 1.79. The van der Waals surface area contributed by atoms with Gasteiger partial charge in [0.05, 0.1) is 10.7 Å². The number of guanidine groups is 1. The standard InChI is InChI=1S/C15H28N4S/c1-11(2)7-6-9-17-15(16-5)18-10-8-14-19-12(3)13(4)20-14/h11H,6-10H2,1-5H3,(H2,16,17,18). The Hall–Kier alpha value is -1.10. The zero-order valence-corrected chi connectivity index (χ0v) is 14.2. The van der Waals surface area contributed by atoms with Crippen molar-refractivity contribution in [3.05, 3.63) is 15.6 Å². The van der Waals surface area contributed by atoms with Crippen LogP contribution in [0, 0.1) is 19.8 Å². The highest BCUT2D eigenvalue weighted by Gasteiger charge is 2.04. The maximum atomic E-state index is 4.55. The van der Waals surface area contributed by atoms with Gasteiger partial charge in [0.1, 0.15) is 0 Å². The molecule has 0 aromatic carbocycles. The van der Waals surface area contributed by atoms with E-state index >= 15 is 0 Å². The molecule has 1 heterocycles. The van der Waals surface area contributed by atoms with Gasteiger partial charge in [-0.3, -0.25) is 4.99 Å². The number of nitrogens with one attached hydrogen (secondary N) is 2. The van der Waals surface area contributed by atoms with E-state index in [1.54, 1.807) is 11.3 Å². The third-order valence-electron chi connectivity index (χ3n) is 3.18. The first-order valence-electron chi connectivity index (χ1n) is 7.40. The summed E-state index contributed by atoms with van der Waals surface area (Å²) in [5, 5.41) is 7.89. The number of aromatic nitrogens is 1. The van der Waals surface area contributed by atoms with Gasteiger partial charge in [0.15, 0.2) is 5.96 Å². The van der Waals surface area contributed by atoms with Crippen LogP contribution < -0.4 is 10.6 Å². The number of aliphatic imine (C=N–C) groups is 1. The Balaban J connectivity index is 2.21. The van der Waals surface area contributed by atoms with Gasteiger partial charge in [0.25, 0.3) is 0 Å². The summed E-state index contributed by atoms with van der Waals surface area (Å²) < 4.78 is 0. The molecule has 114 valence electrons. The van der Waals surface area contributed by atoms with E-state index in [1.165, 1.54) is 22.7 Å². The Morgan fingerprint density at radius 2 is 1.95 bits per heavy atom. The highest BCUT2D eigenvalue weighted by molar-refractivity contribution is 7.11. The fourth-order valence-corrected chi connectivity index (χ4v) is 2.81. The number of thiazole rings is 1. The second kappa shape index (κ2) is 8.95.